The molecule has 0 aliphatic rings. The van der Waals surface area contributed by atoms with Crippen LogP contribution in [0.4, 0.5) is 0 Å². The fourth-order valence-electron chi connectivity index (χ4n) is 2.32. The van der Waals surface area contributed by atoms with Gasteiger partial charge in [-0.15, -0.1) is 0 Å². The number of H-pyrrole nitrogens is 1. The Hall–Kier alpha value is -2.10. The monoisotopic (exact) mass is 239 g/mol. The Labute approximate surface area is 106 Å². The Morgan fingerprint density at radius 1 is 1.44 bits per heavy atom. The first-order chi connectivity index (χ1) is 8.88. The van der Waals surface area contributed by atoms with E-state index in [0.29, 0.717) is 6.04 Å². The van der Waals surface area contributed by atoms with Gasteiger partial charge in [0.25, 0.3) is 0 Å². The van der Waals surface area contributed by atoms with Crippen molar-refractivity contribution in [1.29, 1.82) is 0 Å². The molecule has 91 valence electrons. The van der Waals surface area contributed by atoms with E-state index in [1.807, 2.05) is 18.7 Å². The third kappa shape index (κ3) is 1.90. The van der Waals surface area contributed by atoms with E-state index in [1.54, 1.807) is 0 Å². The second-order valence-corrected chi connectivity index (χ2v) is 4.44. The summed E-state index contributed by atoms with van der Waals surface area (Å²) in [5.74, 6) is 0. The standard InChI is InChI=1S/C14H15N4/c1-2-3-14(18-7-6-15-10-18)11-4-5-12-13(8-11)17-9-16-12/h4-8,10,14H,2-3H2,1H3,(H,16,17). The van der Waals surface area contributed by atoms with Crippen molar-refractivity contribution in [3.05, 3.63) is 48.8 Å². The van der Waals surface area contributed by atoms with Crippen molar-refractivity contribution >= 4 is 11.0 Å². The molecule has 1 unspecified atom stereocenters. The lowest BCUT2D eigenvalue weighted by Gasteiger charge is -2.18. The van der Waals surface area contributed by atoms with Gasteiger partial charge in [0.1, 0.15) is 0 Å². The summed E-state index contributed by atoms with van der Waals surface area (Å²) in [5, 5.41) is 0. The summed E-state index contributed by atoms with van der Waals surface area (Å²) in [5.41, 5.74) is 3.26. The number of rotatable bonds is 4. The Kier molecular flexibility index (Phi) is 2.84. The van der Waals surface area contributed by atoms with Crippen LogP contribution in [0.1, 0.15) is 31.4 Å². The van der Waals surface area contributed by atoms with Crippen LogP contribution in [-0.4, -0.2) is 19.5 Å². The summed E-state index contributed by atoms with van der Waals surface area (Å²) in [6.45, 7) is 2.20. The maximum absolute atomic E-state index is 4.20. The smallest absolute Gasteiger partial charge is 0.174 e. The molecule has 0 spiro atoms. The van der Waals surface area contributed by atoms with E-state index in [2.05, 4.69) is 51.0 Å². The molecule has 0 aliphatic carbocycles. The van der Waals surface area contributed by atoms with E-state index in [-0.39, 0.29) is 0 Å². The number of benzene rings is 1. The first kappa shape index (κ1) is 11.0. The van der Waals surface area contributed by atoms with Crippen molar-refractivity contribution < 1.29 is 0 Å². The molecule has 2 aromatic heterocycles. The molecular formula is C14H15N4. The minimum atomic E-state index is 0.332. The lowest BCUT2D eigenvalue weighted by molar-refractivity contribution is 0.533. The van der Waals surface area contributed by atoms with E-state index >= 15 is 0 Å². The average Bonchev–Trinajstić information content (AvgIpc) is 3.05. The zero-order chi connectivity index (χ0) is 12.4. The number of nitrogens with one attached hydrogen (secondary N) is 1. The highest BCUT2D eigenvalue weighted by Crippen LogP contribution is 2.25. The fraction of sp³-hybridized carbons (Fsp3) is 0.286. The maximum atomic E-state index is 4.20. The molecule has 18 heavy (non-hydrogen) atoms. The Morgan fingerprint density at radius 2 is 2.39 bits per heavy atom. The molecule has 2 heterocycles. The minimum absolute atomic E-state index is 0.332. The topological polar surface area (TPSA) is 46.5 Å². The molecule has 0 bridgehead atoms. The number of nitrogens with zero attached hydrogens (tertiary/aromatic N) is 3. The fourth-order valence-corrected chi connectivity index (χ4v) is 2.32. The number of aromatic amines is 1. The minimum Gasteiger partial charge on any atom is -0.335 e. The second kappa shape index (κ2) is 4.64. The normalized spacial score (nSPS) is 12.9. The van der Waals surface area contributed by atoms with Gasteiger partial charge in [-0.1, -0.05) is 19.4 Å². The zero-order valence-electron chi connectivity index (χ0n) is 10.3. The molecular weight excluding hydrogens is 224 g/mol. The van der Waals surface area contributed by atoms with Gasteiger partial charge in [0, 0.05) is 12.4 Å². The molecule has 4 heteroatoms. The third-order valence-electron chi connectivity index (χ3n) is 3.22. The van der Waals surface area contributed by atoms with E-state index in [0.717, 1.165) is 23.9 Å². The molecule has 1 N–H and O–H groups in total. The van der Waals surface area contributed by atoms with Gasteiger partial charge in [-0.25, -0.2) is 9.97 Å². The zero-order valence-corrected chi connectivity index (χ0v) is 10.3. The molecule has 4 nitrogen and oxygen atoms in total. The quantitative estimate of drug-likeness (QED) is 0.760. The number of fused-ring (bicyclic) bond motifs is 1. The molecule has 0 saturated carbocycles. The molecule has 1 aromatic carbocycles. The summed E-state index contributed by atoms with van der Waals surface area (Å²) < 4.78 is 2.15. The molecule has 3 rings (SSSR count). The van der Waals surface area contributed by atoms with E-state index in [1.165, 1.54) is 5.56 Å². The van der Waals surface area contributed by atoms with Gasteiger partial charge in [0.05, 0.1) is 23.4 Å². The van der Waals surface area contributed by atoms with E-state index in [4.69, 9.17) is 0 Å². The van der Waals surface area contributed by atoms with Gasteiger partial charge in [-0.05, 0) is 24.1 Å². The van der Waals surface area contributed by atoms with Crippen molar-refractivity contribution in [3.63, 3.8) is 0 Å². The highest BCUT2D eigenvalue weighted by molar-refractivity contribution is 5.75. The van der Waals surface area contributed by atoms with Crippen LogP contribution in [0.2, 0.25) is 0 Å². The van der Waals surface area contributed by atoms with Crippen molar-refractivity contribution in [2.75, 3.05) is 0 Å². The predicted octanol–water partition coefficient (Wildman–Crippen LogP) is 2.95. The SMILES string of the molecule is CCCC(c1ccc2[nH][c]nc2c1)n1ccnc1. The van der Waals surface area contributed by atoms with Crippen LogP contribution in [0.25, 0.3) is 11.0 Å². The molecule has 0 amide bonds. The van der Waals surface area contributed by atoms with Gasteiger partial charge < -0.3 is 9.55 Å². The predicted molar refractivity (Wildman–Crippen MR) is 70.2 cm³/mol. The Bertz CT molecular complexity index is 624. The Balaban J connectivity index is 2.03. The van der Waals surface area contributed by atoms with Gasteiger partial charge in [-0.3, -0.25) is 0 Å². The average molecular weight is 239 g/mol. The number of aromatic nitrogens is 4. The van der Waals surface area contributed by atoms with Crippen LogP contribution in [0.3, 0.4) is 0 Å². The highest BCUT2D eigenvalue weighted by Gasteiger charge is 2.13. The van der Waals surface area contributed by atoms with Gasteiger partial charge in [-0.2, -0.15) is 0 Å². The maximum Gasteiger partial charge on any atom is 0.174 e. The molecule has 0 fully saturated rings. The first-order valence-corrected chi connectivity index (χ1v) is 6.21. The van der Waals surface area contributed by atoms with Gasteiger partial charge in [0.15, 0.2) is 6.33 Å². The van der Waals surface area contributed by atoms with E-state index in [9.17, 15) is 0 Å². The number of hydrogen-bond donors (Lipinski definition) is 1. The van der Waals surface area contributed by atoms with Crippen molar-refractivity contribution in [2.45, 2.75) is 25.8 Å². The van der Waals surface area contributed by atoms with Crippen molar-refractivity contribution in [1.82, 2.24) is 19.5 Å². The highest BCUT2D eigenvalue weighted by atomic mass is 15.0. The first-order valence-electron chi connectivity index (χ1n) is 6.21. The van der Waals surface area contributed by atoms with Crippen LogP contribution < -0.4 is 0 Å². The van der Waals surface area contributed by atoms with Crippen molar-refractivity contribution in [2.24, 2.45) is 0 Å². The second-order valence-electron chi connectivity index (χ2n) is 4.44. The summed E-state index contributed by atoms with van der Waals surface area (Å²) in [4.78, 5) is 11.3. The molecule has 1 atom stereocenters. The molecule has 0 saturated heterocycles. The van der Waals surface area contributed by atoms with Gasteiger partial charge >= 0.3 is 0 Å². The van der Waals surface area contributed by atoms with Crippen LogP contribution in [0.5, 0.6) is 0 Å². The third-order valence-corrected chi connectivity index (χ3v) is 3.22. The lowest BCUT2D eigenvalue weighted by Crippen LogP contribution is -2.08. The molecule has 3 aromatic rings. The van der Waals surface area contributed by atoms with Gasteiger partial charge in [0.2, 0.25) is 0 Å². The Morgan fingerprint density at radius 3 is 3.17 bits per heavy atom. The summed E-state index contributed by atoms with van der Waals surface area (Å²) in [7, 11) is 0. The van der Waals surface area contributed by atoms with Crippen molar-refractivity contribution in [3.8, 4) is 0 Å². The van der Waals surface area contributed by atoms with Crippen LogP contribution in [0.15, 0.2) is 36.9 Å². The summed E-state index contributed by atoms with van der Waals surface area (Å²) in [6.07, 6.45) is 10.7. The van der Waals surface area contributed by atoms with E-state index < -0.39 is 0 Å². The molecule has 0 aliphatic heterocycles. The largest absolute Gasteiger partial charge is 0.335 e. The lowest BCUT2D eigenvalue weighted by atomic mass is 10.0. The van der Waals surface area contributed by atoms with Crippen LogP contribution in [0, 0.1) is 6.33 Å². The summed E-state index contributed by atoms with van der Waals surface area (Å²) >= 11 is 0. The van der Waals surface area contributed by atoms with Crippen LogP contribution >= 0.6 is 0 Å². The van der Waals surface area contributed by atoms with Crippen LogP contribution in [-0.2, 0) is 0 Å². The molecule has 1 radical (unpaired) electrons. The summed E-state index contributed by atoms with van der Waals surface area (Å²) in [6, 6.07) is 6.67. The number of imidazole rings is 2. The number of hydrogen-bond acceptors (Lipinski definition) is 2.